The molecule has 6 heteroatoms. The monoisotopic (exact) mass is 286 g/mol. The highest BCUT2D eigenvalue weighted by Gasteiger charge is 2.12. The molecule has 1 amide bonds. The standard InChI is InChI=1S/C14H14N4OS/c1-8-16-5-10(20-8)6-18-14(19)12-7-17-13-4-9(15)2-3-11(12)13/h2-5,7,17H,6,15H2,1H3,(H,18,19). The van der Waals surface area contributed by atoms with Crippen LogP contribution in [0.2, 0.25) is 0 Å². The summed E-state index contributed by atoms with van der Waals surface area (Å²) in [6.07, 6.45) is 3.49. The Hall–Kier alpha value is -2.34. The van der Waals surface area contributed by atoms with E-state index in [1.165, 1.54) is 0 Å². The number of nitrogens with one attached hydrogen (secondary N) is 2. The van der Waals surface area contributed by atoms with Gasteiger partial charge in [-0.3, -0.25) is 4.79 Å². The van der Waals surface area contributed by atoms with Crippen LogP contribution in [0.25, 0.3) is 10.9 Å². The average molecular weight is 286 g/mol. The van der Waals surface area contributed by atoms with E-state index in [4.69, 9.17) is 5.73 Å². The fourth-order valence-electron chi connectivity index (χ4n) is 2.08. The number of nitrogens with zero attached hydrogens (tertiary/aromatic N) is 1. The van der Waals surface area contributed by atoms with Crippen molar-refractivity contribution >= 4 is 33.8 Å². The molecule has 3 aromatic rings. The molecule has 102 valence electrons. The molecule has 0 atom stereocenters. The maximum Gasteiger partial charge on any atom is 0.253 e. The summed E-state index contributed by atoms with van der Waals surface area (Å²) in [7, 11) is 0. The number of rotatable bonds is 3. The first-order valence-corrected chi connectivity index (χ1v) is 7.01. The van der Waals surface area contributed by atoms with Gasteiger partial charge in [-0.15, -0.1) is 11.3 Å². The molecule has 4 N–H and O–H groups in total. The Balaban J connectivity index is 1.78. The highest BCUT2D eigenvalue weighted by molar-refractivity contribution is 7.11. The van der Waals surface area contributed by atoms with Gasteiger partial charge in [0.15, 0.2) is 0 Å². The molecule has 2 aromatic heterocycles. The molecule has 0 saturated carbocycles. The van der Waals surface area contributed by atoms with Gasteiger partial charge in [0.05, 0.1) is 17.1 Å². The SMILES string of the molecule is Cc1ncc(CNC(=O)c2c[nH]c3cc(N)ccc23)s1. The zero-order valence-electron chi connectivity index (χ0n) is 10.9. The van der Waals surface area contributed by atoms with Crippen molar-refractivity contribution in [1.82, 2.24) is 15.3 Å². The summed E-state index contributed by atoms with van der Waals surface area (Å²) in [6.45, 7) is 2.44. The van der Waals surface area contributed by atoms with Crippen LogP contribution in [0, 0.1) is 6.92 Å². The van der Waals surface area contributed by atoms with E-state index < -0.39 is 0 Å². The number of fused-ring (bicyclic) bond motifs is 1. The van der Waals surface area contributed by atoms with Crippen LogP contribution in [-0.2, 0) is 6.54 Å². The number of benzene rings is 1. The molecule has 0 saturated heterocycles. The molecule has 0 aliphatic heterocycles. The molecular weight excluding hydrogens is 272 g/mol. The predicted molar refractivity (Wildman–Crippen MR) is 80.7 cm³/mol. The van der Waals surface area contributed by atoms with Crippen molar-refractivity contribution < 1.29 is 4.79 Å². The number of aromatic amines is 1. The van der Waals surface area contributed by atoms with Gasteiger partial charge in [0.2, 0.25) is 0 Å². The molecule has 3 rings (SSSR count). The summed E-state index contributed by atoms with van der Waals surface area (Å²) < 4.78 is 0. The van der Waals surface area contributed by atoms with Crippen molar-refractivity contribution in [3.63, 3.8) is 0 Å². The Kier molecular flexibility index (Phi) is 3.15. The molecule has 0 spiro atoms. The van der Waals surface area contributed by atoms with E-state index in [0.29, 0.717) is 17.8 Å². The number of anilines is 1. The molecule has 0 aliphatic rings. The number of nitrogen functional groups attached to an aromatic ring is 1. The van der Waals surface area contributed by atoms with Gasteiger partial charge in [-0.25, -0.2) is 4.98 Å². The normalized spacial score (nSPS) is 10.8. The lowest BCUT2D eigenvalue weighted by Gasteiger charge is -2.02. The van der Waals surface area contributed by atoms with Crippen molar-refractivity contribution in [2.24, 2.45) is 0 Å². The van der Waals surface area contributed by atoms with Gasteiger partial charge in [0.25, 0.3) is 5.91 Å². The topological polar surface area (TPSA) is 83.8 Å². The minimum Gasteiger partial charge on any atom is -0.399 e. The summed E-state index contributed by atoms with van der Waals surface area (Å²) in [5.41, 5.74) is 7.88. The molecule has 0 aliphatic carbocycles. The smallest absolute Gasteiger partial charge is 0.253 e. The third-order valence-corrected chi connectivity index (χ3v) is 3.96. The van der Waals surface area contributed by atoms with Crippen LogP contribution >= 0.6 is 11.3 Å². The summed E-state index contributed by atoms with van der Waals surface area (Å²) >= 11 is 1.58. The van der Waals surface area contributed by atoms with Gasteiger partial charge in [0, 0.05) is 33.9 Å². The fraction of sp³-hybridized carbons (Fsp3) is 0.143. The van der Waals surface area contributed by atoms with Crippen molar-refractivity contribution in [1.29, 1.82) is 0 Å². The van der Waals surface area contributed by atoms with E-state index >= 15 is 0 Å². The minimum atomic E-state index is -0.105. The van der Waals surface area contributed by atoms with E-state index in [2.05, 4.69) is 15.3 Å². The van der Waals surface area contributed by atoms with Crippen LogP contribution in [0.15, 0.2) is 30.6 Å². The second-order valence-corrected chi connectivity index (χ2v) is 5.85. The largest absolute Gasteiger partial charge is 0.399 e. The number of hydrogen-bond acceptors (Lipinski definition) is 4. The van der Waals surface area contributed by atoms with E-state index in [1.54, 1.807) is 29.8 Å². The molecule has 0 bridgehead atoms. The number of amides is 1. The van der Waals surface area contributed by atoms with Crippen LogP contribution in [0.1, 0.15) is 20.2 Å². The first kappa shape index (κ1) is 12.7. The lowest BCUT2D eigenvalue weighted by atomic mass is 10.1. The van der Waals surface area contributed by atoms with Gasteiger partial charge in [-0.1, -0.05) is 0 Å². The molecule has 0 fully saturated rings. The zero-order chi connectivity index (χ0) is 14.1. The van der Waals surface area contributed by atoms with Crippen LogP contribution < -0.4 is 11.1 Å². The number of thiazole rings is 1. The highest BCUT2D eigenvalue weighted by atomic mass is 32.1. The molecule has 1 aromatic carbocycles. The zero-order valence-corrected chi connectivity index (χ0v) is 11.8. The summed E-state index contributed by atoms with van der Waals surface area (Å²) in [4.78, 5) is 20.5. The highest BCUT2D eigenvalue weighted by Crippen LogP contribution is 2.20. The van der Waals surface area contributed by atoms with Gasteiger partial charge in [-0.2, -0.15) is 0 Å². The van der Waals surface area contributed by atoms with Crippen molar-refractivity contribution in [3.8, 4) is 0 Å². The number of nitrogens with two attached hydrogens (primary N) is 1. The summed E-state index contributed by atoms with van der Waals surface area (Å²) in [5, 5.41) is 4.77. The van der Waals surface area contributed by atoms with Crippen molar-refractivity contribution in [2.45, 2.75) is 13.5 Å². The number of carbonyl (C=O) groups excluding carboxylic acids is 1. The van der Waals surface area contributed by atoms with Crippen LogP contribution in [-0.4, -0.2) is 15.9 Å². The Morgan fingerprint density at radius 3 is 3.10 bits per heavy atom. The average Bonchev–Trinajstić information content (AvgIpc) is 3.01. The fourth-order valence-corrected chi connectivity index (χ4v) is 2.82. The second kappa shape index (κ2) is 4.97. The molecule has 0 radical (unpaired) electrons. The predicted octanol–water partition coefficient (Wildman–Crippen LogP) is 2.45. The van der Waals surface area contributed by atoms with Gasteiger partial charge >= 0.3 is 0 Å². The quantitative estimate of drug-likeness (QED) is 0.647. The summed E-state index contributed by atoms with van der Waals surface area (Å²) in [6, 6.07) is 5.46. The van der Waals surface area contributed by atoms with Crippen molar-refractivity contribution in [2.75, 3.05) is 5.73 Å². The third-order valence-electron chi connectivity index (χ3n) is 3.04. The molecule has 2 heterocycles. The lowest BCUT2D eigenvalue weighted by molar-refractivity contribution is 0.0953. The van der Waals surface area contributed by atoms with E-state index in [9.17, 15) is 4.79 Å². The van der Waals surface area contributed by atoms with Gasteiger partial charge < -0.3 is 16.0 Å². The lowest BCUT2D eigenvalue weighted by Crippen LogP contribution is -2.21. The number of aromatic nitrogens is 2. The molecule has 20 heavy (non-hydrogen) atoms. The van der Waals surface area contributed by atoms with Crippen LogP contribution in [0.3, 0.4) is 0 Å². The van der Waals surface area contributed by atoms with Crippen LogP contribution in [0.4, 0.5) is 5.69 Å². The van der Waals surface area contributed by atoms with E-state index in [-0.39, 0.29) is 5.91 Å². The summed E-state index contributed by atoms with van der Waals surface area (Å²) in [5.74, 6) is -0.105. The number of aryl methyl sites for hydroxylation is 1. The van der Waals surface area contributed by atoms with Gasteiger partial charge in [0.1, 0.15) is 0 Å². The van der Waals surface area contributed by atoms with Crippen LogP contribution in [0.5, 0.6) is 0 Å². The Bertz CT molecular complexity index is 774. The Morgan fingerprint density at radius 2 is 2.35 bits per heavy atom. The molecule has 0 unspecified atom stereocenters. The molecular formula is C14H14N4OS. The van der Waals surface area contributed by atoms with E-state index in [1.807, 2.05) is 19.1 Å². The van der Waals surface area contributed by atoms with E-state index in [0.717, 1.165) is 20.8 Å². The number of H-pyrrole nitrogens is 1. The first-order valence-electron chi connectivity index (χ1n) is 6.19. The Labute approximate surface area is 119 Å². The van der Waals surface area contributed by atoms with Gasteiger partial charge in [-0.05, 0) is 25.1 Å². The molecule has 5 nitrogen and oxygen atoms in total. The minimum absolute atomic E-state index is 0.105. The first-order chi connectivity index (χ1) is 9.63. The number of hydrogen-bond donors (Lipinski definition) is 3. The maximum atomic E-state index is 12.2. The second-order valence-electron chi connectivity index (χ2n) is 4.54. The third kappa shape index (κ3) is 2.37. The van der Waals surface area contributed by atoms with Crippen molar-refractivity contribution in [3.05, 3.63) is 46.0 Å². The number of carbonyl (C=O) groups is 1. The Morgan fingerprint density at radius 1 is 1.50 bits per heavy atom. The maximum absolute atomic E-state index is 12.2.